The zero-order valence-corrected chi connectivity index (χ0v) is 20.1. The Bertz CT molecular complexity index is 1210. The highest BCUT2D eigenvalue weighted by atomic mass is 32.2. The number of anilines is 1. The van der Waals surface area contributed by atoms with Gasteiger partial charge in [0.05, 0.1) is 15.9 Å². The van der Waals surface area contributed by atoms with Crippen LogP contribution in [0.3, 0.4) is 0 Å². The maximum Gasteiger partial charge on any atom is 0.269 e. The number of non-ortho nitro benzene ring substituents is 1. The number of benzene rings is 2. The molecule has 2 heterocycles. The number of nitrogens with one attached hydrogen (secondary N) is 1. The standard InChI is InChI=1S/C23H25FN4O4S2/c1-17(25-34(31,32)21-10-8-20(9-11-21)28(29)30)23(22-3-2-16-33-22)27-14-12-26(13-15-27)19-6-4-18(24)5-7-19/h2-11,16-17,23,25H,12-15H2,1H3. The number of hydrogen-bond donors (Lipinski definition) is 1. The second-order valence-electron chi connectivity index (χ2n) is 8.12. The van der Waals surface area contributed by atoms with E-state index in [1.165, 1.54) is 36.4 Å². The molecular formula is C23H25FN4O4S2. The van der Waals surface area contributed by atoms with Crippen LogP contribution in [0.4, 0.5) is 15.8 Å². The van der Waals surface area contributed by atoms with Crippen LogP contribution in [0.2, 0.25) is 0 Å². The molecule has 1 aliphatic rings. The molecule has 4 rings (SSSR count). The number of nitro groups is 1. The lowest BCUT2D eigenvalue weighted by Gasteiger charge is -2.42. The topological polar surface area (TPSA) is 95.8 Å². The highest BCUT2D eigenvalue weighted by Crippen LogP contribution is 2.31. The predicted octanol–water partition coefficient (Wildman–Crippen LogP) is 4.03. The van der Waals surface area contributed by atoms with Gasteiger partial charge in [-0.1, -0.05) is 6.07 Å². The summed E-state index contributed by atoms with van der Waals surface area (Å²) in [7, 11) is -3.88. The first kappa shape index (κ1) is 24.3. The smallest absolute Gasteiger partial charge is 0.269 e. The van der Waals surface area contributed by atoms with Crippen molar-refractivity contribution in [3.63, 3.8) is 0 Å². The highest BCUT2D eigenvalue weighted by molar-refractivity contribution is 7.89. The number of rotatable bonds is 8. The van der Waals surface area contributed by atoms with Crippen molar-refractivity contribution in [2.45, 2.75) is 23.9 Å². The summed E-state index contributed by atoms with van der Waals surface area (Å²) in [5, 5.41) is 12.8. The Hall–Kier alpha value is -2.86. The molecule has 1 fully saturated rings. The van der Waals surface area contributed by atoms with E-state index >= 15 is 0 Å². The van der Waals surface area contributed by atoms with Gasteiger partial charge in [0.1, 0.15) is 5.82 Å². The van der Waals surface area contributed by atoms with Crippen molar-refractivity contribution in [3.8, 4) is 0 Å². The Morgan fingerprint density at radius 1 is 1.03 bits per heavy atom. The van der Waals surface area contributed by atoms with Crippen LogP contribution in [-0.2, 0) is 10.0 Å². The summed E-state index contributed by atoms with van der Waals surface area (Å²) < 4.78 is 42.1. The van der Waals surface area contributed by atoms with Crippen LogP contribution in [0.25, 0.3) is 0 Å². The van der Waals surface area contributed by atoms with Crippen LogP contribution in [0.1, 0.15) is 17.8 Å². The average Bonchev–Trinajstić information content (AvgIpc) is 3.34. The molecule has 1 N–H and O–H groups in total. The monoisotopic (exact) mass is 504 g/mol. The summed E-state index contributed by atoms with van der Waals surface area (Å²) in [4.78, 5) is 15.8. The van der Waals surface area contributed by atoms with Crippen LogP contribution in [0.5, 0.6) is 0 Å². The van der Waals surface area contributed by atoms with Crippen molar-refractivity contribution in [2.75, 3.05) is 31.1 Å². The summed E-state index contributed by atoms with van der Waals surface area (Å²) in [6.07, 6.45) is 0. The summed E-state index contributed by atoms with van der Waals surface area (Å²) >= 11 is 1.57. The quantitative estimate of drug-likeness (QED) is 0.368. The second-order valence-corrected chi connectivity index (χ2v) is 10.8. The van der Waals surface area contributed by atoms with Crippen LogP contribution < -0.4 is 9.62 Å². The first-order chi connectivity index (χ1) is 16.2. The molecule has 8 nitrogen and oxygen atoms in total. The Kier molecular flexibility index (Phi) is 7.27. The molecule has 34 heavy (non-hydrogen) atoms. The van der Waals surface area contributed by atoms with E-state index in [0.29, 0.717) is 13.1 Å². The lowest BCUT2D eigenvalue weighted by molar-refractivity contribution is -0.384. The van der Waals surface area contributed by atoms with Crippen molar-refractivity contribution in [1.29, 1.82) is 0 Å². The Balaban J connectivity index is 1.49. The molecule has 1 saturated heterocycles. The Morgan fingerprint density at radius 3 is 2.24 bits per heavy atom. The van der Waals surface area contributed by atoms with Gasteiger partial charge in [-0.05, 0) is 54.8 Å². The van der Waals surface area contributed by atoms with Crippen molar-refractivity contribution < 1.29 is 17.7 Å². The zero-order chi connectivity index (χ0) is 24.3. The number of thiophene rings is 1. The lowest BCUT2D eigenvalue weighted by Crippen LogP contribution is -2.52. The number of halogens is 1. The number of nitro benzene ring substituents is 1. The molecule has 0 saturated carbocycles. The molecule has 180 valence electrons. The van der Waals surface area contributed by atoms with E-state index in [4.69, 9.17) is 0 Å². The maximum absolute atomic E-state index is 13.3. The van der Waals surface area contributed by atoms with Gasteiger partial charge in [0.2, 0.25) is 10.0 Å². The molecule has 1 aliphatic heterocycles. The van der Waals surface area contributed by atoms with Crippen LogP contribution in [0.15, 0.2) is 70.9 Å². The second kappa shape index (κ2) is 10.2. The van der Waals surface area contributed by atoms with Crippen molar-refractivity contribution in [1.82, 2.24) is 9.62 Å². The summed E-state index contributed by atoms with van der Waals surface area (Å²) in [6.45, 7) is 4.72. The van der Waals surface area contributed by atoms with E-state index in [0.717, 1.165) is 23.7 Å². The summed E-state index contributed by atoms with van der Waals surface area (Å²) in [5.41, 5.74) is 0.795. The summed E-state index contributed by atoms with van der Waals surface area (Å²) in [5.74, 6) is -0.269. The molecule has 2 aromatic carbocycles. The molecule has 2 unspecified atom stereocenters. The van der Waals surface area contributed by atoms with Crippen LogP contribution >= 0.6 is 11.3 Å². The van der Waals surface area contributed by atoms with E-state index in [1.807, 2.05) is 24.4 Å². The molecular weight excluding hydrogens is 479 g/mol. The number of nitrogens with zero attached hydrogens (tertiary/aromatic N) is 3. The minimum Gasteiger partial charge on any atom is -0.369 e. The molecule has 11 heteroatoms. The molecule has 0 aliphatic carbocycles. The molecule has 2 atom stereocenters. The number of hydrogen-bond acceptors (Lipinski definition) is 7. The van der Waals surface area contributed by atoms with Crippen molar-refractivity contribution >= 4 is 32.7 Å². The van der Waals surface area contributed by atoms with Gasteiger partial charge in [0, 0.05) is 54.9 Å². The number of piperazine rings is 1. The van der Waals surface area contributed by atoms with Gasteiger partial charge in [-0.15, -0.1) is 11.3 Å². The highest BCUT2D eigenvalue weighted by Gasteiger charge is 2.32. The third-order valence-electron chi connectivity index (χ3n) is 5.91. The maximum atomic E-state index is 13.3. The molecule has 0 amide bonds. The minimum absolute atomic E-state index is 0.0176. The molecule has 3 aromatic rings. The predicted molar refractivity (Wildman–Crippen MR) is 130 cm³/mol. The SMILES string of the molecule is CC(NS(=O)(=O)c1ccc([N+](=O)[O-])cc1)C(c1cccs1)N1CCN(c2ccc(F)cc2)CC1. The van der Waals surface area contributed by atoms with Crippen LogP contribution in [-0.4, -0.2) is 50.5 Å². The van der Waals surface area contributed by atoms with Gasteiger partial charge in [-0.25, -0.2) is 17.5 Å². The van der Waals surface area contributed by atoms with Gasteiger partial charge in [0.25, 0.3) is 5.69 Å². The lowest BCUT2D eigenvalue weighted by atomic mass is 10.1. The normalized spacial score (nSPS) is 16.8. The van der Waals surface area contributed by atoms with Crippen molar-refractivity contribution in [2.24, 2.45) is 0 Å². The summed E-state index contributed by atoms with van der Waals surface area (Å²) in [6, 6.07) is 14.6. The zero-order valence-electron chi connectivity index (χ0n) is 18.5. The van der Waals surface area contributed by atoms with Crippen molar-refractivity contribution in [3.05, 3.63) is 86.9 Å². The fourth-order valence-corrected chi connectivity index (χ4v) is 6.45. The molecule has 0 bridgehead atoms. The minimum atomic E-state index is -3.88. The van der Waals surface area contributed by atoms with E-state index in [1.54, 1.807) is 23.5 Å². The molecule has 0 spiro atoms. The number of sulfonamides is 1. The Morgan fingerprint density at radius 2 is 1.68 bits per heavy atom. The Labute approximate surface area is 201 Å². The van der Waals surface area contributed by atoms with E-state index in [9.17, 15) is 22.9 Å². The average molecular weight is 505 g/mol. The fraction of sp³-hybridized carbons (Fsp3) is 0.304. The van der Waals surface area contributed by atoms with E-state index in [2.05, 4.69) is 14.5 Å². The van der Waals surface area contributed by atoms with Gasteiger partial charge in [0.15, 0.2) is 0 Å². The van der Waals surface area contributed by atoms with Gasteiger partial charge < -0.3 is 4.90 Å². The van der Waals surface area contributed by atoms with Gasteiger partial charge in [-0.2, -0.15) is 0 Å². The molecule has 0 radical (unpaired) electrons. The van der Waals surface area contributed by atoms with E-state index in [-0.39, 0.29) is 22.4 Å². The van der Waals surface area contributed by atoms with Gasteiger partial charge >= 0.3 is 0 Å². The largest absolute Gasteiger partial charge is 0.369 e. The first-order valence-electron chi connectivity index (χ1n) is 10.8. The third kappa shape index (κ3) is 5.44. The van der Waals surface area contributed by atoms with E-state index < -0.39 is 21.0 Å². The fourth-order valence-electron chi connectivity index (χ4n) is 4.24. The first-order valence-corrected chi connectivity index (χ1v) is 13.2. The third-order valence-corrected chi connectivity index (χ3v) is 8.42. The van der Waals surface area contributed by atoms with Gasteiger partial charge in [-0.3, -0.25) is 15.0 Å². The molecule has 1 aromatic heterocycles. The van der Waals surface area contributed by atoms with Crippen LogP contribution in [0, 0.1) is 15.9 Å².